The summed E-state index contributed by atoms with van der Waals surface area (Å²) in [4.78, 5) is 8.43. The first-order valence-corrected chi connectivity index (χ1v) is 7.27. The lowest BCUT2D eigenvalue weighted by molar-refractivity contribution is 0.504. The fourth-order valence-electron chi connectivity index (χ4n) is 1.93. The van der Waals surface area contributed by atoms with Crippen LogP contribution < -0.4 is 5.32 Å². The van der Waals surface area contributed by atoms with E-state index in [4.69, 9.17) is 0 Å². The molecule has 2 aromatic heterocycles. The van der Waals surface area contributed by atoms with Gasteiger partial charge in [-0.2, -0.15) is 0 Å². The van der Waals surface area contributed by atoms with E-state index in [1.54, 1.807) is 11.3 Å². The highest BCUT2D eigenvalue weighted by atomic mass is 32.1. The van der Waals surface area contributed by atoms with Crippen molar-refractivity contribution in [3.8, 4) is 0 Å². The van der Waals surface area contributed by atoms with Gasteiger partial charge < -0.3 is 5.32 Å². The summed E-state index contributed by atoms with van der Waals surface area (Å²) in [5, 5.41) is 6.85. The minimum absolute atomic E-state index is 0.457. The lowest BCUT2D eigenvalue weighted by Crippen LogP contribution is -2.33. The third-order valence-corrected chi connectivity index (χ3v) is 3.62. The molecular weight excluding hydrogens is 242 g/mol. The molecule has 2 aromatic rings. The first kappa shape index (κ1) is 13.2. The molecule has 0 saturated carbocycles. The van der Waals surface area contributed by atoms with Gasteiger partial charge in [-0.3, -0.25) is 4.98 Å². The second-order valence-corrected chi connectivity index (χ2v) is 5.32. The predicted molar refractivity (Wildman–Crippen MR) is 75.8 cm³/mol. The van der Waals surface area contributed by atoms with Crippen LogP contribution in [-0.2, 0) is 12.8 Å². The number of pyridine rings is 1. The average Bonchev–Trinajstić information content (AvgIpc) is 2.90. The second kappa shape index (κ2) is 7.24. The van der Waals surface area contributed by atoms with Gasteiger partial charge >= 0.3 is 0 Å². The zero-order valence-corrected chi connectivity index (χ0v) is 11.5. The van der Waals surface area contributed by atoms with Crippen molar-refractivity contribution in [2.24, 2.45) is 0 Å². The zero-order valence-electron chi connectivity index (χ0n) is 10.7. The van der Waals surface area contributed by atoms with Gasteiger partial charge in [0.05, 0.1) is 5.01 Å². The van der Waals surface area contributed by atoms with Gasteiger partial charge in [-0.1, -0.05) is 6.92 Å². The Balaban J connectivity index is 1.96. The van der Waals surface area contributed by atoms with Crippen LogP contribution in [0.5, 0.6) is 0 Å². The number of nitrogens with one attached hydrogen (secondary N) is 1. The number of thiazole rings is 1. The molecule has 18 heavy (non-hydrogen) atoms. The number of rotatable bonds is 7. The summed E-state index contributed by atoms with van der Waals surface area (Å²) in [5.41, 5.74) is 1.33. The molecule has 96 valence electrons. The quantitative estimate of drug-likeness (QED) is 0.832. The largest absolute Gasteiger partial charge is 0.313 e. The van der Waals surface area contributed by atoms with E-state index in [2.05, 4.69) is 34.3 Å². The molecule has 1 N–H and O–H groups in total. The second-order valence-electron chi connectivity index (χ2n) is 4.34. The summed E-state index contributed by atoms with van der Waals surface area (Å²) in [5.74, 6) is 0. The summed E-state index contributed by atoms with van der Waals surface area (Å²) in [6.07, 6.45) is 8.78. The minimum atomic E-state index is 0.457. The fourth-order valence-corrected chi connectivity index (χ4v) is 2.63. The SMILES string of the molecule is CCCNC(Cc1ccncc1)Cc1nccs1. The van der Waals surface area contributed by atoms with E-state index in [9.17, 15) is 0 Å². The lowest BCUT2D eigenvalue weighted by atomic mass is 10.0. The highest BCUT2D eigenvalue weighted by Crippen LogP contribution is 2.11. The Labute approximate surface area is 112 Å². The zero-order chi connectivity index (χ0) is 12.6. The van der Waals surface area contributed by atoms with Crippen LogP contribution in [-0.4, -0.2) is 22.6 Å². The van der Waals surface area contributed by atoms with Crippen molar-refractivity contribution >= 4 is 11.3 Å². The third kappa shape index (κ3) is 4.20. The van der Waals surface area contributed by atoms with Gasteiger partial charge in [0.1, 0.15) is 0 Å². The Hall–Kier alpha value is -1.26. The standard InChI is InChI=1S/C14H19N3S/c1-2-5-16-13(11-14-17-8-9-18-14)10-12-3-6-15-7-4-12/h3-4,6-9,13,16H,2,5,10-11H2,1H3. The van der Waals surface area contributed by atoms with Crippen LogP contribution in [0, 0.1) is 0 Å². The van der Waals surface area contributed by atoms with Gasteiger partial charge in [-0.25, -0.2) is 4.98 Å². The van der Waals surface area contributed by atoms with Crippen molar-refractivity contribution in [3.63, 3.8) is 0 Å². The van der Waals surface area contributed by atoms with Crippen molar-refractivity contribution in [1.29, 1.82) is 0 Å². The first-order valence-electron chi connectivity index (χ1n) is 6.39. The van der Waals surface area contributed by atoms with Crippen molar-refractivity contribution in [1.82, 2.24) is 15.3 Å². The normalized spacial score (nSPS) is 12.5. The topological polar surface area (TPSA) is 37.8 Å². The van der Waals surface area contributed by atoms with Crippen LogP contribution in [0.2, 0.25) is 0 Å². The smallest absolute Gasteiger partial charge is 0.0940 e. The van der Waals surface area contributed by atoms with Crippen molar-refractivity contribution in [2.75, 3.05) is 6.54 Å². The Kier molecular flexibility index (Phi) is 5.30. The highest BCUT2D eigenvalue weighted by molar-refractivity contribution is 7.09. The molecule has 0 saturated heterocycles. The molecule has 0 spiro atoms. The summed E-state index contributed by atoms with van der Waals surface area (Å²) in [7, 11) is 0. The molecule has 3 nitrogen and oxygen atoms in total. The molecule has 2 heterocycles. The van der Waals surface area contributed by atoms with Gasteiger partial charge in [-0.05, 0) is 37.1 Å². The molecule has 0 amide bonds. The molecule has 0 fully saturated rings. The molecule has 0 aliphatic heterocycles. The Morgan fingerprint density at radius 3 is 2.72 bits per heavy atom. The van der Waals surface area contributed by atoms with E-state index in [1.165, 1.54) is 10.6 Å². The first-order chi connectivity index (χ1) is 8.88. The minimum Gasteiger partial charge on any atom is -0.313 e. The molecule has 0 aliphatic carbocycles. The van der Waals surface area contributed by atoms with Crippen LogP contribution in [0.25, 0.3) is 0 Å². The molecule has 0 aliphatic rings. The highest BCUT2D eigenvalue weighted by Gasteiger charge is 2.11. The van der Waals surface area contributed by atoms with Crippen LogP contribution in [0.4, 0.5) is 0 Å². The third-order valence-electron chi connectivity index (χ3n) is 2.82. The van der Waals surface area contributed by atoms with E-state index in [1.807, 2.05) is 24.0 Å². The number of aromatic nitrogens is 2. The van der Waals surface area contributed by atoms with Crippen LogP contribution in [0.1, 0.15) is 23.9 Å². The maximum atomic E-state index is 4.37. The van der Waals surface area contributed by atoms with Gasteiger partial charge in [0.15, 0.2) is 0 Å². The summed E-state index contributed by atoms with van der Waals surface area (Å²) in [6, 6.07) is 4.63. The molecule has 0 aromatic carbocycles. The van der Waals surface area contributed by atoms with E-state index < -0.39 is 0 Å². The predicted octanol–water partition coefficient (Wildman–Crippen LogP) is 2.69. The van der Waals surface area contributed by atoms with Crippen molar-refractivity contribution < 1.29 is 0 Å². The lowest BCUT2D eigenvalue weighted by Gasteiger charge is -2.17. The Morgan fingerprint density at radius 2 is 2.06 bits per heavy atom. The van der Waals surface area contributed by atoms with Crippen molar-refractivity contribution in [3.05, 3.63) is 46.7 Å². The molecular formula is C14H19N3S. The molecule has 0 bridgehead atoms. The summed E-state index contributed by atoms with van der Waals surface area (Å²) in [6.45, 7) is 3.25. The fraction of sp³-hybridized carbons (Fsp3) is 0.429. The maximum absolute atomic E-state index is 4.37. The van der Waals surface area contributed by atoms with E-state index in [0.29, 0.717) is 6.04 Å². The monoisotopic (exact) mass is 261 g/mol. The van der Waals surface area contributed by atoms with Crippen LogP contribution in [0.15, 0.2) is 36.1 Å². The molecule has 1 unspecified atom stereocenters. The van der Waals surface area contributed by atoms with Gasteiger partial charge in [-0.15, -0.1) is 11.3 Å². The molecule has 1 atom stereocenters. The Bertz CT molecular complexity index is 428. The van der Waals surface area contributed by atoms with E-state index in [-0.39, 0.29) is 0 Å². The maximum Gasteiger partial charge on any atom is 0.0940 e. The number of hydrogen-bond acceptors (Lipinski definition) is 4. The molecule has 4 heteroatoms. The van der Waals surface area contributed by atoms with Crippen LogP contribution in [0.3, 0.4) is 0 Å². The van der Waals surface area contributed by atoms with Gasteiger partial charge in [0, 0.05) is 36.4 Å². The Morgan fingerprint density at radius 1 is 1.22 bits per heavy atom. The van der Waals surface area contributed by atoms with Crippen molar-refractivity contribution in [2.45, 2.75) is 32.2 Å². The molecule has 0 radical (unpaired) electrons. The molecule has 2 rings (SSSR count). The summed E-state index contributed by atoms with van der Waals surface area (Å²) < 4.78 is 0. The van der Waals surface area contributed by atoms with E-state index >= 15 is 0 Å². The number of hydrogen-bond donors (Lipinski definition) is 1. The number of nitrogens with zero attached hydrogens (tertiary/aromatic N) is 2. The van der Waals surface area contributed by atoms with E-state index in [0.717, 1.165) is 25.8 Å². The summed E-state index contributed by atoms with van der Waals surface area (Å²) >= 11 is 1.73. The van der Waals surface area contributed by atoms with Gasteiger partial charge in [0.25, 0.3) is 0 Å². The average molecular weight is 261 g/mol. The van der Waals surface area contributed by atoms with Crippen LogP contribution >= 0.6 is 11.3 Å². The van der Waals surface area contributed by atoms with Gasteiger partial charge in [0.2, 0.25) is 0 Å².